The van der Waals surface area contributed by atoms with E-state index in [-0.39, 0.29) is 5.82 Å². The lowest BCUT2D eigenvalue weighted by molar-refractivity contribution is 0.306. The zero-order chi connectivity index (χ0) is 13.0. The Morgan fingerprint density at radius 1 is 1.39 bits per heavy atom. The maximum absolute atomic E-state index is 13.2. The largest absolute Gasteiger partial charge is 0.496 e. The topological polar surface area (TPSA) is 25.4 Å². The average molecular weight is 266 g/mol. The first-order valence-electron chi connectivity index (χ1n) is 5.57. The molecule has 1 heterocycles. The molecule has 96 valence electrons. The normalized spacial score (nSPS) is 10.9. The standard InChI is InChI=1S/C13H15FN2OS/c1-16(7-12-8-18-9-15-12)6-10-5-11(14)3-4-13(10)17-2/h3-5,8-9H,6-7H2,1-2H3. The molecule has 0 radical (unpaired) electrons. The van der Waals surface area contributed by atoms with Gasteiger partial charge < -0.3 is 4.74 Å². The molecule has 0 N–H and O–H groups in total. The summed E-state index contributed by atoms with van der Waals surface area (Å²) in [6, 6.07) is 4.57. The Balaban J connectivity index is 2.06. The second-order valence-corrected chi connectivity index (χ2v) is 4.83. The minimum Gasteiger partial charge on any atom is -0.496 e. The van der Waals surface area contributed by atoms with Crippen LogP contribution in [0.3, 0.4) is 0 Å². The first-order chi connectivity index (χ1) is 8.69. The summed E-state index contributed by atoms with van der Waals surface area (Å²) in [4.78, 5) is 6.31. The highest BCUT2D eigenvalue weighted by molar-refractivity contribution is 7.07. The van der Waals surface area contributed by atoms with Crippen LogP contribution in [0, 0.1) is 5.82 Å². The molecule has 0 bridgehead atoms. The van der Waals surface area contributed by atoms with Crippen LogP contribution in [0.15, 0.2) is 29.1 Å². The number of thiazole rings is 1. The van der Waals surface area contributed by atoms with Crippen molar-refractivity contribution >= 4 is 11.3 Å². The molecule has 3 nitrogen and oxygen atoms in total. The van der Waals surface area contributed by atoms with Crippen LogP contribution in [0.1, 0.15) is 11.3 Å². The van der Waals surface area contributed by atoms with Crippen LogP contribution in [0.2, 0.25) is 0 Å². The van der Waals surface area contributed by atoms with Gasteiger partial charge in [-0.1, -0.05) is 0 Å². The van der Waals surface area contributed by atoms with Crippen molar-refractivity contribution in [3.8, 4) is 5.75 Å². The third kappa shape index (κ3) is 3.27. The molecule has 0 spiro atoms. The van der Waals surface area contributed by atoms with E-state index in [0.29, 0.717) is 12.3 Å². The van der Waals surface area contributed by atoms with Crippen molar-refractivity contribution < 1.29 is 9.13 Å². The molecular formula is C13H15FN2OS. The Kier molecular flexibility index (Phi) is 4.28. The molecular weight excluding hydrogens is 251 g/mol. The highest BCUT2D eigenvalue weighted by Gasteiger charge is 2.09. The molecule has 2 aromatic rings. The molecule has 5 heteroatoms. The number of hydrogen-bond donors (Lipinski definition) is 0. The summed E-state index contributed by atoms with van der Waals surface area (Å²) in [6.45, 7) is 1.36. The first kappa shape index (κ1) is 13.0. The smallest absolute Gasteiger partial charge is 0.123 e. The predicted molar refractivity (Wildman–Crippen MR) is 70.2 cm³/mol. The van der Waals surface area contributed by atoms with Crippen molar-refractivity contribution in [2.45, 2.75) is 13.1 Å². The van der Waals surface area contributed by atoms with Crippen molar-refractivity contribution in [2.75, 3.05) is 14.2 Å². The molecule has 0 fully saturated rings. The fourth-order valence-corrected chi connectivity index (χ4v) is 2.36. The Morgan fingerprint density at radius 3 is 2.89 bits per heavy atom. The van der Waals surface area contributed by atoms with Gasteiger partial charge in [0.1, 0.15) is 11.6 Å². The molecule has 1 aromatic heterocycles. The Morgan fingerprint density at radius 2 is 2.22 bits per heavy atom. The van der Waals surface area contributed by atoms with Gasteiger partial charge in [0, 0.05) is 24.0 Å². The van der Waals surface area contributed by atoms with Crippen LogP contribution in [-0.2, 0) is 13.1 Å². The van der Waals surface area contributed by atoms with E-state index in [2.05, 4.69) is 9.88 Å². The first-order valence-corrected chi connectivity index (χ1v) is 6.51. The van der Waals surface area contributed by atoms with Gasteiger partial charge in [-0.25, -0.2) is 9.37 Å². The van der Waals surface area contributed by atoms with Crippen molar-refractivity contribution in [1.82, 2.24) is 9.88 Å². The zero-order valence-corrected chi connectivity index (χ0v) is 11.2. The van der Waals surface area contributed by atoms with Gasteiger partial charge in [0.05, 0.1) is 18.3 Å². The van der Waals surface area contributed by atoms with Crippen LogP contribution >= 0.6 is 11.3 Å². The SMILES string of the molecule is COc1ccc(F)cc1CN(C)Cc1cscn1. The summed E-state index contributed by atoms with van der Waals surface area (Å²) < 4.78 is 18.5. The molecule has 0 aliphatic carbocycles. The van der Waals surface area contributed by atoms with Crippen LogP contribution in [0.4, 0.5) is 4.39 Å². The molecule has 0 aliphatic rings. The number of methoxy groups -OCH3 is 1. The van der Waals surface area contributed by atoms with Crippen molar-refractivity contribution in [1.29, 1.82) is 0 Å². The second-order valence-electron chi connectivity index (χ2n) is 4.11. The molecule has 0 saturated carbocycles. The van der Waals surface area contributed by atoms with Gasteiger partial charge in [0.25, 0.3) is 0 Å². The minimum atomic E-state index is -0.243. The fraction of sp³-hybridized carbons (Fsp3) is 0.308. The second kappa shape index (κ2) is 5.93. The predicted octanol–water partition coefficient (Wildman–Crippen LogP) is 2.92. The third-order valence-corrected chi connectivity index (χ3v) is 3.23. The molecule has 0 saturated heterocycles. The molecule has 0 unspecified atom stereocenters. The van der Waals surface area contributed by atoms with E-state index in [4.69, 9.17) is 4.74 Å². The summed E-state index contributed by atoms with van der Waals surface area (Å²) >= 11 is 1.58. The summed E-state index contributed by atoms with van der Waals surface area (Å²) in [7, 11) is 3.57. The number of hydrogen-bond acceptors (Lipinski definition) is 4. The number of halogens is 1. The summed E-state index contributed by atoms with van der Waals surface area (Å²) in [5.41, 5.74) is 3.68. The van der Waals surface area contributed by atoms with Gasteiger partial charge in [-0.2, -0.15) is 0 Å². The van der Waals surface area contributed by atoms with Gasteiger partial charge in [0.15, 0.2) is 0 Å². The number of benzene rings is 1. The monoisotopic (exact) mass is 266 g/mol. The van der Waals surface area contributed by atoms with Crippen LogP contribution in [0.25, 0.3) is 0 Å². The van der Waals surface area contributed by atoms with Gasteiger partial charge in [-0.3, -0.25) is 4.90 Å². The molecule has 0 amide bonds. The van der Waals surface area contributed by atoms with E-state index in [1.807, 2.05) is 17.9 Å². The Labute approximate surface area is 110 Å². The Bertz CT molecular complexity index is 502. The zero-order valence-electron chi connectivity index (χ0n) is 10.4. The fourth-order valence-electron chi connectivity index (χ4n) is 1.81. The van der Waals surface area contributed by atoms with E-state index >= 15 is 0 Å². The lowest BCUT2D eigenvalue weighted by Gasteiger charge is -2.17. The number of ether oxygens (including phenoxy) is 1. The minimum absolute atomic E-state index is 0.243. The van der Waals surface area contributed by atoms with Crippen LogP contribution < -0.4 is 4.74 Å². The third-order valence-electron chi connectivity index (χ3n) is 2.60. The lowest BCUT2D eigenvalue weighted by atomic mass is 10.2. The van der Waals surface area contributed by atoms with E-state index < -0.39 is 0 Å². The van der Waals surface area contributed by atoms with Crippen molar-refractivity contribution in [2.24, 2.45) is 0 Å². The van der Waals surface area contributed by atoms with Gasteiger partial charge in [-0.15, -0.1) is 11.3 Å². The van der Waals surface area contributed by atoms with Gasteiger partial charge in [-0.05, 0) is 25.2 Å². The van der Waals surface area contributed by atoms with E-state index in [1.54, 1.807) is 24.5 Å². The molecule has 0 aliphatic heterocycles. The average Bonchev–Trinajstić information content (AvgIpc) is 2.82. The van der Waals surface area contributed by atoms with Crippen LogP contribution in [-0.4, -0.2) is 24.0 Å². The van der Waals surface area contributed by atoms with Crippen molar-refractivity contribution in [3.63, 3.8) is 0 Å². The van der Waals surface area contributed by atoms with Crippen molar-refractivity contribution in [3.05, 3.63) is 46.2 Å². The maximum atomic E-state index is 13.2. The van der Waals surface area contributed by atoms with E-state index in [0.717, 1.165) is 17.8 Å². The molecule has 18 heavy (non-hydrogen) atoms. The van der Waals surface area contributed by atoms with Gasteiger partial charge >= 0.3 is 0 Å². The number of nitrogens with zero attached hydrogens (tertiary/aromatic N) is 2. The molecule has 1 aromatic carbocycles. The summed E-state index contributed by atoms with van der Waals surface area (Å²) in [5.74, 6) is 0.467. The maximum Gasteiger partial charge on any atom is 0.123 e. The van der Waals surface area contributed by atoms with Gasteiger partial charge in [0.2, 0.25) is 0 Å². The molecule has 0 atom stereocenters. The summed E-state index contributed by atoms with van der Waals surface area (Å²) in [6.07, 6.45) is 0. The lowest BCUT2D eigenvalue weighted by Crippen LogP contribution is -2.18. The summed E-state index contributed by atoms with van der Waals surface area (Å²) in [5, 5.41) is 2.01. The highest BCUT2D eigenvalue weighted by atomic mass is 32.1. The van der Waals surface area contributed by atoms with E-state index in [1.165, 1.54) is 12.1 Å². The highest BCUT2D eigenvalue weighted by Crippen LogP contribution is 2.21. The Hall–Kier alpha value is -1.46. The number of rotatable bonds is 5. The number of aromatic nitrogens is 1. The molecule has 2 rings (SSSR count). The van der Waals surface area contributed by atoms with E-state index in [9.17, 15) is 4.39 Å². The quantitative estimate of drug-likeness (QED) is 0.832. The van der Waals surface area contributed by atoms with Crippen LogP contribution in [0.5, 0.6) is 5.75 Å².